The van der Waals surface area contributed by atoms with Crippen LogP contribution in [-0.4, -0.2) is 36.7 Å². The molecule has 0 bridgehead atoms. The van der Waals surface area contributed by atoms with Crippen LogP contribution in [0.15, 0.2) is 30.3 Å². The minimum atomic E-state index is 0.237. The number of rotatable bonds is 2. The topological polar surface area (TPSA) is 25.4 Å². The van der Waals surface area contributed by atoms with Crippen LogP contribution >= 0.6 is 11.6 Å². The van der Waals surface area contributed by atoms with E-state index in [4.69, 9.17) is 16.3 Å². The molecule has 0 amide bonds. The molecule has 1 unspecified atom stereocenters. The SMILES string of the molecule is Cc1cc(N2CCOCC2CCl)c2ccccc2n1. The molecule has 1 aliphatic heterocycles. The van der Waals surface area contributed by atoms with Gasteiger partial charge in [-0.05, 0) is 19.1 Å². The fraction of sp³-hybridized carbons (Fsp3) is 0.400. The Morgan fingerprint density at radius 3 is 3.11 bits per heavy atom. The minimum absolute atomic E-state index is 0.237. The number of pyridine rings is 1. The third-order valence-electron chi connectivity index (χ3n) is 3.54. The van der Waals surface area contributed by atoms with Crippen LogP contribution in [0.3, 0.4) is 0 Å². The summed E-state index contributed by atoms with van der Waals surface area (Å²) < 4.78 is 5.53. The summed E-state index contributed by atoms with van der Waals surface area (Å²) in [4.78, 5) is 6.95. The summed E-state index contributed by atoms with van der Waals surface area (Å²) in [5.74, 6) is 0.579. The number of aromatic nitrogens is 1. The quantitative estimate of drug-likeness (QED) is 0.789. The molecule has 2 aromatic rings. The van der Waals surface area contributed by atoms with E-state index in [1.807, 2.05) is 13.0 Å². The maximum absolute atomic E-state index is 6.08. The van der Waals surface area contributed by atoms with Crippen LogP contribution < -0.4 is 4.90 Å². The molecule has 1 saturated heterocycles. The fourth-order valence-corrected chi connectivity index (χ4v) is 2.88. The number of halogens is 1. The predicted octanol–water partition coefficient (Wildman–Crippen LogP) is 2.99. The van der Waals surface area contributed by atoms with Gasteiger partial charge in [0.2, 0.25) is 0 Å². The Morgan fingerprint density at radius 2 is 2.26 bits per heavy atom. The summed E-state index contributed by atoms with van der Waals surface area (Å²) in [5, 5.41) is 1.19. The lowest BCUT2D eigenvalue weighted by atomic mass is 10.1. The van der Waals surface area contributed by atoms with Crippen molar-refractivity contribution in [3.8, 4) is 0 Å². The third kappa shape index (κ3) is 2.40. The van der Waals surface area contributed by atoms with Gasteiger partial charge in [0, 0.05) is 29.2 Å². The van der Waals surface area contributed by atoms with Gasteiger partial charge in [-0.2, -0.15) is 0 Å². The summed E-state index contributed by atoms with van der Waals surface area (Å²) in [6.45, 7) is 4.36. The molecule has 1 aromatic heterocycles. The molecular weight excluding hydrogens is 260 g/mol. The number of hydrogen-bond acceptors (Lipinski definition) is 3. The molecule has 0 aliphatic carbocycles. The average Bonchev–Trinajstić information content (AvgIpc) is 2.46. The summed E-state index contributed by atoms with van der Waals surface area (Å²) in [7, 11) is 0. The van der Waals surface area contributed by atoms with E-state index < -0.39 is 0 Å². The molecule has 4 heteroatoms. The molecule has 3 rings (SSSR count). The normalized spacial score (nSPS) is 19.9. The molecule has 0 saturated carbocycles. The van der Waals surface area contributed by atoms with Gasteiger partial charge >= 0.3 is 0 Å². The van der Waals surface area contributed by atoms with Gasteiger partial charge in [0.1, 0.15) is 0 Å². The van der Waals surface area contributed by atoms with Gasteiger partial charge in [-0.25, -0.2) is 0 Å². The molecule has 2 heterocycles. The molecular formula is C15H17ClN2O. The Labute approximate surface area is 118 Å². The molecule has 0 radical (unpaired) electrons. The van der Waals surface area contributed by atoms with Gasteiger partial charge in [-0.3, -0.25) is 4.98 Å². The van der Waals surface area contributed by atoms with E-state index in [0.717, 1.165) is 24.4 Å². The first-order chi connectivity index (χ1) is 9.29. The van der Waals surface area contributed by atoms with Crippen LogP contribution in [0.4, 0.5) is 5.69 Å². The van der Waals surface area contributed by atoms with Crippen molar-refractivity contribution in [1.82, 2.24) is 4.98 Å². The zero-order valence-corrected chi connectivity index (χ0v) is 11.7. The Hall–Kier alpha value is -1.32. The van der Waals surface area contributed by atoms with Crippen LogP contribution in [-0.2, 0) is 4.74 Å². The lowest BCUT2D eigenvalue weighted by molar-refractivity contribution is 0.0999. The molecule has 19 heavy (non-hydrogen) atoms. The number of aryl methyl sites for hydroxylation is 1. The number of fused-ring (bicyclic) bond motifs is 1. The van der Waals surface area contributed by atoms with Crippen molar-refractivity contribution in [1.29, 1.82) is 0 Å². The number of alkyl halides is 1. The lowest BCUT2D eigenvalue weighted by Crippen LogP contribution is -2.46. The molecule has 1 aliphatic rings. The maximum atomic E-state index is 6.08. The summed E-state index contributed by atoms with van der Waals surface area (Å²) in [6.07, 6.45) is 0. The van der Waals surface area contributed by atoms with Gasteiger partial charge in [-0.1, -0.05) is 18.2 Å². The molecule has 1 aromatic carbocycles. The summed E-state index contributed by atoms with van der Waals surface area (Å²) >= 11 is 6.08. The summed E-state index contributed by atoms with van der Waals surface area (Å²) in [5.41, 5.74) is 3.29. The van der Waals surface area contributed by atoms with Crippen LogP contribution in [0, 0.1) is 6.92 Å². The van der Waals surface area contributed by atoms with E-state index in [1.165, 1.54) is 11.1 Å². The van der Waals surface area contributed by atoms with Crippen LogP contribution in [0.1, 0.15) is 5.69 Å². The minimum Gasteiger partial charge on any atom is -0.377 e. The Bertz CT molecular complexity index is 587. The van der Waals surface area contributed by atoms with E-state index in [1.54, 1.807) is 0 Å². The molecule has 3 nitrogen and oxygen atoms in total. The highest BCUT2D eigenvalue weighted by Gasteiger charge is 2.24. The monoisotopic (exact) mass is 276 g/mol. The van der Waals surface area contributed by atoms with E-state index in [0.29, 0.717) is 12.5 Å². The lowest BCUT2D eigenvalue weighted by Gasteiger charge is -2.37. The number of para-hydroxylation sites is 1. The smallest absolute Gasteiger partial charge is 0.0726 e. The number of ether oxygens (including phenoxy) is 1. The third-order valence-corrected chi connectivity index (χ3v) is 3.89. The second-order valence-corrected chi connectivity index (χ2v) is 5.18. The van der Waals surface area contributed by atoms with E-state index in [-0.39, 0.29) is 6.04 Å². The maximum Gasteiger partial charge on any atom is 0.0726 e. The zero-order chi connectivity index (χ0) is 13.2. The van der Waals surface area contributed by atoms with Crippen molar-refractivity contribution >= 4 is 28.2 Å². The van der Waals surface area contributed by atoms with Gasteiger partial charge in [-0.15, -0.1) is 11.6 Å². The molecule has 100 valence electrons. The van der Waals surface area contributed by atoms with Crippen molar-refractivity contribution in [2.45, 2.75) is 13.0 Å². The van der Waals surface area contributed by atoms with E-state index in [2.05, 4.69) is 34.1 Å². The van der Waals surface area contributed by atoms with Crippen molar-refractivity contribution in [2.24, 2.45) is 0 Å². The zero-order valence-electron chi connectivity index (χ0n) is 11.0. The van der Waals surface area contributed by atoms with E-state index >= 15 is 0 Å². The second-order valence-electron chi connectivity index (χ2n) is 4.88. The van der Waals surface area contributed by atoms with Crippen LogP contribution in [0.2, 0.25) is 0 Å². The predicted molar refractivity (Wildman–Crippen MR) is 79.2 cm³/mol. The van der Waals surface area contributed by atoms with Crippen molar-refractivity contribution in [2.75, 3.05) is 30.5 Å². The second kappa shape index (κ2) is 5.35. The van der Waals surface area contributed by atoms with Gasteiger partial charge in [0.15, 0.2) is 0 Å². The molecule has 0 N–H and O–H groups in total. The standard InChI is InChI=1S/C15H17ClN2O/c1-11-8-15(13-4-2-3-5-14(13)17-11)18-6-7-19-10-12(18)9-16/h2-5,8,12H,6-7,9-10H2,1H3. The number of anilines is 1. The highest BCUT2D eigenvalue weighted by molar-refractivity contribution is 6.18. The number of morpholine rings is 1. The molecule has 1 fully saturated rings. The average molecular weight is 277 g/mol. The highest BCUT2D eigenvalue weighted by atomic mass is 35.5. The van der Waals surface area contributed by atoms with E-state index in [9.17, 15) is 0 Å². The highest BCUT2D eigenvalue weighted by Crippen LogP contribution is 2.29. The van der Waals surface area contributed by atoms with Gasteiger partial charge in [0.25, 0.3) is 0 Å². The first kappa shape index (κ1) is 12.7. The van der Waals surface area contributed by atoms with Crippen LogP contribution in [0.25, 0.3) is 10.9 Å². The molecule has 1 atom stereocenters. The first-order valence-electron chi connectivity index (χ1n) is 6.56. The Balaban J connectivity index is 2.12. The van der Waals surface area contributed by atoms with Crippen LogP contribution in [0.5, 0.6) is 0 Å². The van der Waals surface area contributed by atoms with Crippen molar-refractivity contribution < 1.29 is 4.74 Å². The molecule has 0 spiro atoms. The fourth-order valence-electron chi connectivity index (χ4n) is 2.62. The Morgan fingerprint density at radius 1 is 1.42 bits per heavy atom. The van der Waals surface area contributed by atoms with Gasteiger partial charge < -0.3 is 9.64 Å². The largest absolute Gasteiger partial charge is 0.377 e. The van der Waals surface area contributed by atoms with Crippen molar-refractivity contribution in [3.05, 3.63) is 36.0 Å². The first-order valence-corrected chi connectivity index (χ1v) is 7.10. The number of hydrogen-bond donors (Lipinski definition) is 0. The number of nitrogens with zero attached hydrogens (tertiary/aromatic N) is 2. The number of benzene rings is 1. The summed E-state index contributed by atoms with van der Waals surface area (Å²) in [6, 6.07) is 10.6. The Kier molecular flexibility index (Phi) is 3.58. The van der Waals surface area contributed by atoms with Gasteiger partial charge in [0.05, 0.1) is 24.8 Å². The van der Waals surface area contributed by atoms with Crippen molar-refractivity contribution in [3.63, 3.8) is 0 Å².